The number of carbonyl (C=O) groups is 2. The molecule has 4 nitrogen and oxygen atoms in total. The summed E-state index contributed by atoms with van der Waals surface area (Å²) >= 11 is 0. The van der Waals surface area contributed by atoms with Gasteiger partial charge in [-0.15, -0.1) is 0 Å². The van der Waals surface area contributed by atoms with Gasteiger partial charge in [-0.05, 0) is 24.3 Å². The molecule has 0 fully saturated rings. The van der Waals surface area contributed by atoms with Crippen molar-refractivity contribution in [1.82, 2.24) is 0 Å². The van der Waals surface area contributed by atoms with E-state index in [0.29, 0.717) is 0 Å². The van der Waals surface area contributed by atoms with E-state index in [9.17, 15) is 9.59 Å². The number of carbonyl (C=O) groups excluding carboxylic acids is 2. The topological polar surface area (TPSA) is 52.6 Å². The van der Waals surface area contributed by atoms with Crippen LogP contribution >= 0.6 is 0 Å². The van der Waals surface area contributed by atoms with Gasteiger partial charge in [0.2, 0.25) is 0 Å². The summed E-state index contributed by atoms with van der Waals surface area (Å²) < 4.78 is 9.97. The molecule has 20 heavy (non-hydrogen) atoms. The van der Waals surface area contributed by atoms with Crippen molar-refractivity contribution in [3.63, 3.8) is 0 Å². The van der Waals surface area contributed by atoms with E-state index in [2.05, 4.69) is 0 Å². The van der Waals surface area contributed by atoms with Gasteiger partial charge in [-0.25, -0.2) is 0 Å². The molecule has 0 unspecified atom stereocenters. The lowest BCUT2D eigenvalue weighted by molar-refractivity contribution is -0.110. The number of ether oxygens (including phenoxy) is 2. The predicted octanol–water partition coefficient (Wildman–Crippen LogP) is 2.53. The van der Waals surface area contributed by atoms with Crippen molar-refractivity contribution in [2.75, 3.05) is 13.2 Å². The monoisotopic (exact) mass is 272 g/mol. The molecule has 2 rings (SSSR count). The SMILES string of the molecule is O=CCOc1ccccc1.O=CCOc1ccccc1. The molecule has 0 spiro atoms. The third-order valence-electron chi connectivity index (χ3n) is 2.12. The molecule has 0 bridgehead atoms. The van der Waals surface area contributed by atoms with Crippen molar-refractivity contribution in [2.24, 2.45) is 0 Å². The maximum atomic E-state index is 9.85. The molecule has 0 aromatic heterocycles. The van der Waals surface area contributed by atoms with Gasteiger partial charge in [-0.2, -0.15) is 0 Å². The van der Waals surface area contributed by atoms with E-state index >= 15 is 0 Å². The second-order valence-corrected chi connectivity index (χ2v) is 3.58. The van der Waals surface area contributed by atoms with Crippen LogP contribution in [0.1, 0.15) is 0 Å². The highest BCUT2D eigenvalue weighted by Gasteiger charge is 1.87. The van der Waals surface area contributed by atoms with E-state index in [4.69, 9.17) is 9.47 Å². The van der Waals surface area contributed by atoms with Gasteiger partial charge in [0.1, 0.15) is 24.7 Å². The molecule has 0 aliphatic carbocycles. The Morgan fingerprint density at radius 2 is 1.00 bits per heavy atom. The molecule has 0 amide bonds. The molecular weight excluding hydrogens is 256 g/mol. The zero-order valence-corrected chi connectivity index (χ0v) is 11.0. The lowest BCUT2D eigenvalue weighted by atomic mass is 10.3. The normalized spacial score (nSPS) is 8.80. The molecular formula is C16H16O4. The lowest BCUT2D eigenvalue weighted by Crippen LogP contribution is -1.96. The second-order valence-electron chi connectivity index (χ2n) is 3.58. The Kier molecular flexibility index (Phi) is 7.96. The first kappa shape index (κ1) is 15.4. The highest BCUT2D eigenvalue weighted by Crippen LogP contribution is 2.07. The summed E-state index contributed by atoms with van der Waals surface area (Å²) in [7, 11) is 0. The third-order valence-corrected chi connectivity index (χ3v) is 2.12. The van der Waals surface area contributed by atoms with Crippen molar-refractivity contribution in [3.8, 4) is 11.5 Å². The largest absolute Gasteiger partial charge is 0.486 e. The first-order valence-electron chi connectivity index (χ1n) is 6.09. The summed E-state index contributed by atoms with van der Waals surface area (Å²) in [6.07, 6.45) is 1.46. The second kappa shape index (κ2) is 10.3. The van der Waals surface area contributed by atoms with Gasteiger partial charge in [0.05, 0.1) is 0 Å². The van der Waals surface area contributed by atoms with E-state index in [1.54, 1.807) is 0 Å². The van der Waals surface area contributed by atoms with Crippen molar-refractivity contribution < 1.29 is 19.1 Å². The summed E-state index contributed by atoms with van der Waals surface area (Å²) in [5, 5.41) is 0. The first-order chi connectivity index (χ1) is 9.86. The smallest absolute Gasteiger partial charge is 0.157 e. The van der Waals surface area contributed by atoms with Gasteiger partial charge in [0, 0.05) is 0 Å². The van der Waals surface area contributed by atoms with Crippen LogP contribution in [0, 0.1) is 0 Å². The van der Waals surface area contributed by atoms with Gasteiger partial charge in [-0.1, -0.05) is 36.4 Å². The van der Waals surface area contributed by atoms with Gasteiger partial charge < -0.3 is 9.47 Å². The van der Waals surface area contributed by atoms with Crippen LogP contribution in [0.2, 0.25) is 0 Å². The number of benzene rings is 2. The Balaban J connectivity index is 0.000000200. The van der Waals surface area contributed by atoms with Crippen molar-refractivity contribution in [3.05, 3.63) is 60.7 Å². The Morgan fingerprint density at radius 3 is 1.30 bits per heavy atom. The Labute approximate surface area is 118 Å². The molecule has 0 N–H and O–H groups in total. The van der Waals surface area contributed by atoms with E-state index in [1.807, 2.05) is 60.7 Å². The average molecular weight is 272 g/mol. The molecule has 0 saturated heterocycles. The number of rotatable bonds is 6. The van der Waals surface area contributed by atoms with E-state index in [0.717, 1.165) is 24.1 Å². The van der Waals surface area contributed by atoms with Crippen LogP contribution in [0.25, 0.3) is 0 Å². The van der Waals surface area contributed by atoms with Gasteiger partial charge >= 0.3 is 0 Å². The summed E-state index contributed by atoms with van der Waals surface area (Å²) in [5.74, 6) is 1.46. The van der Waals surface area contributed by atoms with Crippen molar-refractivity contribution >= 4 is 12.6 Å². The average Bonchev–Trinajstić information content (AvgIpc) is 2.53. The van der Waals surface area contributed by atoms with Crippen LogP contribution < -0.4 is 9.47 Å². The maximum Gasteiger partial charge on any atom is 0.157 e. The van der Waals surface area contributed by atoms with Gasteiger partial charge in [-0.3, -0.25) is 9.59 Å². The molecule has 0 heterocycles. The summed E-state index contributed by atoms with van der Waals surface area (Å²) in [4.78, 5) is 19.7. The summed E-state index contributed by atoms with van der Waals surface area (Å²) in [6.45, 7) is 0.258. The standard InChI is InChI=1S/2C8H8O2/c2*9-6-7-10-8-4-2-1-3-5-8/h2*1-6H,7H2. The molecule has 104 valence electrons. The number of hydrogen-bond donors (Lipinski definition) is 0. The van der Waals surface area contributed by atoms with E-state index < -0.39 is 0 Å². The van der Waals surface area contributed by atoms with Crippen LogP contribution in [-0.4, -0.2) is 25.8 Å². The minimum atomic E-state index is 0.129. The highest BCUT2D eigenvalue weighted by atomic mass is 16.5. The van der Waals surface area contributed by atoms with Crippen LogP contribution in [0.15, 0.2) is 60.7 Å². The Bertz CT molecular complexity index is 435. The molecule has 0 atom stereocenters. The number of hydrogen-bond acceptors (Lipinski definition) is 4. The predicted molar refractivity (Wildman–Crippen MR) is 76.0 cm³/mol. The van der Waals surface area contributed by atoms with Gasteiger partial charge in [0.15, 0.2) is 12.6 Å². The quantitative estimate of drug-likeness (QED) is 0.758. The zero-order valence-electron chi connectivity index (χ0n) is 11.0. The third kappa shape index (κ3) is 6.96. The molecule has 2 aromatic rings. The number of aldehydes is 2. The number of para-hydroxylation sites is 2. The van der Waals surface area contributed by atoms with E-state index in [1.165, 1.54) is 0 Å². The Morgan fingerprint density at radius 1 is 0.650 bits per heavy atom. The Hall–Kier alpha value is -2.62. The molecule has 4 heteroatoms. The van der Waals surface area contributed by atoms with Crippen molar-refractivity contribution in [1.29, 1.82) is 0 Å². The molecule has 0 saturated carbocycles. The summed E-state index contributed by atoms with van der Waals surface area (Å²) in [6, 6.07) is 18.5. The van der Waals surface area contributed by atoms with Crippen LogP contribution in [0.5, 0.6) is 11.5 Å². The minimum Gasteiger partial charge on any atom is -0.486 e. The lowest BCUT2D eigenvalue weighted by Gasteiger charge is -1.98. The van der Waals surface area contributed by atoms with Crippen LogP contribution in [0.4, 0.5) is 0 Å². The summed E-state index contributed by atoms with van der Waals surface area (Å²) in [5.41, 5.74) is 0. The van der Waals surface area contributed by atoms with E-state index in [-0.39, 0.29) is 13.2 Å². The van der Waals surface area contributed by atoms with Crippen LogP contribution in [0.3, 0.4) is 0 Å². The van der Waals surface area contributed by atoms with Gasteiger partial charge in [0.25, 0.3) is 0 Å². The maximum absolute atomic E-state index is 9.85. The molecule has 0 aliphatic heterocycles. The van der Waals surface area contributed by atoms with Crippen molar-refractivity contribution in [2.45, 2.75) is 0 Å². The molecule has 0 aliphatic rings. The fourth-order valence-corrected chi connectivity index (χ4v) is 1.29. The van der Waals surface area contributed by atoms with Crippen LogP contribution in [-0.2, 0) is 9.59 Å². The minimum absolute atomic E-state index is 0.129. The first-order valence-corrected chi connectivity index (χ1v) is 6.09. The molecule has 0 radical (unpaired) electrons. The fourth-order valence-electron chi connectivity index (χ4n) is 1.29. The fraction of sp³-hybridized carbons (Fsp3) is 0.125. The molecule has 2 aromatic carbocycles. The highest BCUT2D eigenvalue weighted by molar-refractivity contribution is 5.51. The zero-order chi connectivity index (χ0) is 14.5.